The standard InChI is InChI=1S/C14H23NS2/c1-11(16-3)9-10-15-12(2)13-5-7-14(17-4)8-6-13/h5-8,11-12,15H,9-10H2,1-4H3. The maximum atomic E-state index is 3.58. The van der Waals surface area contributed by atoms with Crippen LogP contribution >= 0.6 is 23.5 Å². The van der Waals surface area contributed by atoms with Crippen LogP contribution in [-0.4, -0.2) is 24.3 Å². The molecule has 0 aliphatic rings. The van der Waals surface area contributed by atoms with Crippen LogP contribution in [0.15, 0.2) is 29.2 Å². The quantitative estimate of drug-likeness (QED) is 0.745. The van der Waals surface area contributed by atoms with Crippen molar-refractivity contribution in [2.24, 2.45) is 0 Å². The molecule has 2 atom stereocenters. The predicted molar refractivity (Wildman–Crippen MR) is 82.2 cm³/mol. The van der Waals surface area contributed by atoms with Crippen molar-refractivity contribution in [3.8, 4) is 0 Å². The molecule has 2 unspecified atom stereocenters. The van der Waals surface area contributed by atoms with Gasteiger partial charge in [-0.15, -0.1) is 11.8 Å². The van der Waals surface area contributed by atoms with E-state index in [1.165, 1.54) is 16.9 Å². The van der Waals surface area contributed by atoms with E-state index in [1.807, 2.05) is 11.8 Å². The number of thioether (sulfide) groups is 2. The first kappa shape index (κ1) is 14.9. The minimum atomic E-state index is 0.444. The molecule has 3 heteroatoms. The van der Waals surface area contributed by atoms with E-state index in [2.05, 4.69) is 55.9 Å². The first-order chi connectivity index (χ1) is 8.17. The summed E-state index contributed by atoms with van der Waals surface area (Å²) in [5.74, 6) is 0. The fraction of sp³-hybridized carbons (Fsp3) is 0.571. The Morgan fingerprint density at radius 1 is 1.12 bits per heavy atom. The third kappa shape index (κ3) is 5.36. The van der Waals surface area contributed by atoms with Crippen LogP contribution in [0.4, 0.5) is 0 Å². The zero-order valence-electron chi connectivity index (χ0n) is 11.2. The average molecular weight is 269 g/mol. The summed E-state index contributed by atoms with van der Waals surface area (Å²) in [6, 6.07) is 9.29. The molecular formula is C14H23NS2. The van der Waals surface area contributed by atoms with Crippen molar-refractivity contribution in [3.63, 3.8) is 0 Å². The van der Waals surface area contributed by atoms with Gasteiger partial charge in [0.1, 0.15) is 0 Å². The summed E-state index contributed by atoms with van der Waals surface area (Å²) < 4.78 is 0. The molecule has 0 radical (unpaired) electrons. The van der Waals surface area contributed by atoms with Crippen molar-refractivity contribution < 1.29 is 0 Å². The molecule has 1 nitrogen and oxygen atoms in total. The highest BCUT2D eigenvalue weighted by atomic mass is 32.2. The largest absolute Gasteiger partial charge is 0.310 e. The number of rotatable bonds is 7. The molecular weight excluding hydrogens is 246 g/mol. The zero-order chi connectivity index (χ0) is 12.7. The predicted octanol–water partition coefficient (Wildman–Crippen LogP) is 4.20. The number of nitrogens with one attached hydrogen (secondary N) is 1. The summed E-state index contributed by atoms with van der Waals surface area (Å²) in [5.41, 5.74) is 1.37. The Labute approximate surface area is 114 Å². The van der Waals surface area contributed by atoms with Crippen molar-refractivity contribution in [2.45, 2.75) is 36.5 Å². The van der Waals surface area contributed by atoms with Gasteiger partial charge in [-0.25, -0.2) is 0 Å². The first-order valence-corrected chi connectivity index (χ1v) is 8.58. The van der Waals surface area contributed by atoms with Gasteiger partial charge < -0.3 is 5.32 Å². The van der Waals surface area contributed by atoms with Crippen molar-refractivity contribution >= 4 is 23.5 Å². The molecule has 0 saturated carbocycles. The number of hydrogen-bond donors (Lipinski definition) is 1. The van der Waals surface area contributed by atoms with Crippen molar-refractivity contribution in [1.82, 2.24) is 5.32 Å². The molecule has 0 aliphatic carbocycles. The molecule has 96 valence electrons. The highest BCUT2D eigenvalue weighted by Crippen LogP contribution is 2.19. The Balaban J connectivity index is 2.38. The maximum absolute atomic E-state index is 3.58. The van der Waals surface area contributed by atoms with E-state index in [4.69, 9.17) is 0 Å². The van der Waals surface area contributed by atoms with Gasteiger partial charge in [0, 0.05) is 16.2 Å². The highest BCUT2D eigenvalue weighted by Gasteiger charge is 2.05. The molecule has 17 heavy (non-hydrogen) atoms. The molecule has 0 aromatic heterocycles. The van der Waals surface area contributed by atoms with Gasteiger partial charge in [-0.05, 0) is 50.1 Å². The lowest BCUT2D eigenvalue weighted by Gasteiger charge is -2.16. The molecule has 0 bridgehead atoms. The van der Waals surface area contributed by atoms with Crippen molar-refractivity contribution in [2.75, 3.05) is 19.1 Å². The van der Waals surface area contributed by atoms with Crippen LogP contribution in [0.25, 0.3) is 0 Å². The van der Waals surface area contributed by atoms with Crippen molar-refractivity contribution in [1.29, 1.82) is 0 Å². The number of hydrogen-bond acceptors (Lipinski definition) is 3. The maximum Gasteiger partial charge on any atom is 0.0291 e. The van der Waals surface area contributed by atoms with Crippen LogP contribution in [-0.2, 0) is 0 Å². The van der Waals surface area contributed by atoms with Gasteiger partial charge in [-0.2, -0.15) is 11.8 Å². The number of benzene rings is 1. The summed E-state index contributed by atoms with van der Waals surface area (Å²) >= 11 is 3.73. The van der Waals surface area contributed by atoms with Crippen LogP contribution in [0.2, 0.25) is 0 Å². The smallest absolute Gasteiger partial charge is 0.0291 e. The van der Waals surface area contributed by atoms with Crippen molar-refractivity contribution in [3.05, 3.63) is 29.8 Å². The summed E-state index contributed by atoms with van der Waals surface area (Å²) in [6.45, 7) is 5.61. The van der Waals surface area contributed by atoms with Crippen LogP contribution in [0, 0.1) is 0 Å². The fourth-order valence-electron chi connectivity index (χ4n) is 1.63. The molecule has 0 aliphatic heterocycles. The third-order valence-corrected chi connectivity index (χ3v) is 4.80. The van der Waals surface area contributed by atoms with E-state index in [-0.39, 0.29) is 0 Å². The van der Waals surface area contributed by atoms with Gasteiger partial charge in [-0.3, -0.25) is 0 Å². The van der Waals surface area contributed by atoms with E-state index in [1.54, 1.807) is 11.8 Å². The van der Waals surface area contributed by atoms with Gasteiger partial charge in [-0.1, -0.05) is 19.1 Å². The molecule has 0 heterocycles. The van der Waals surface area contributed by atoms with Gasteiger partial charge in [0.25, 0.3) is 0 Å². The van der Waals surface area contributed by atoms with Gasteiger partial charge in [0.05, 0.1) is 0 Å². The SMILES string of the molecule is CSc1ccc(C(C)NCCC(C)SC)cc1. The van der Waals surface area contributed by atoms with Gasteiger partial charge in [0.2, 0.25) is 0 Å². The molecule has 1 aromatic carbocycles. The topological polar surface area (TPSA) is 12.0 Å². The molecule has 1 aromatic rings. The lowest BCUT2D eigenvalue weighted by Crippen LogP contribution is -2.21. The lowest BCUT2D eigenvalue weighted by atomic mass is 10.1. The second-order valence-corrected chi connectivity index (χ2v) is 6.44. The van der Waals surface area contributed by atoms with E-state index in [0.29, 0.717) is 6.04 Å². The molecule has 1 N–H and O–H groups in total. The zero-order valence-corrected chi connectivity index (χ0v) is 12.8. The van der Waals surface area contributed by atoms with Crippen LogP contribution in [0.5, 0.6) is 0 Å². The summed E-state index contributed by atoms with van der Waals surface area (Å²) in [5, 5.41) is 4.33. The summed E-state index contributed by atoms with van der Waals surface area (Å²) in [4.78, 5) is 1.33. The van der Waals surface area contributed by atoms with Crippen LogP contribution in [0.3, 0.4) is 0 Å². The van der Waals surface area contributed by atoms with E-state index in [9.17, 15) is 0 Å². The van der Waals surface area contributed by atoms with E-state index >= 15 is 0 Å². The second-order valence-electron chi connectivity index (χ2n) is 4.28. The minimum Gasteiger partial charge on any atom is -0.310 e. The second kappa shape index (κ2) is 8.06. The monoisotopic (exact) mass is 269 g/mol. The Kier molecular flexibility index (Phi) is 7.09. The van der Waals surface area contributed by atoms with Gasteiger partial charge >= 0.3 is 0 Å². The molecule has 0 spiro atoms. The minimum absolute atomic E-state index is 0.444. The van der Waals surface area contributed by atoms with E-state index < -0.39 is 0 Å². The van der Waals surface area contributed by atoms with E-state index in [0.717, 1.165) is 11.8 Å². The Morgan fingerprint density at radius 2 is 1.76 bits per heavy atom. The highest BCUT2D eigenvalue weighted by molar-refractivity contribution is 7.99. The molecule has 0 fully saturated rings. The van der Waals surface area contributed by atoms with Crippen LogP contribution in [0.1, 0.15) is 31.9 Å². The average Bonchev–Trinajstić information content (AvgIpc) is 2.38. The van der Waals surface area contributed by atoms with Crippen LogP contribution < -0.4 is 5.32 Å². The molecule has 0 amide bonds. The first-order valence-electron chi connectivity index (χ1n) is 6.07. The summed E-state index contributed by atoms with van der Waals surface area (Å²) in [7, 11) is 0. The lowest BCUT2D eigenvalue weighted by molar-refractivity contribution is 0.558. The third-order valence-electron chi connectivity index (χ3n) is 3.02. The fourth-order valence-corrected chi connectivity index (χ4v) is 2.39. The Morgan fingerprint density at radius 3 is 2.29 bits per heavy atom. The normalized spacial score (nSPS) is 14.6. The Hall–Kier alpha value is -0.120. The molecule has 1 rings (SSSR count). The molecule has 0 saturated heterocycles. The summed E-state index contributed by atoms with van der Waals surface area (Å²) in [6.07, 6.45) is 5.52. The Bertz CT molecular complexity index is 311. The van der Waals surface area contributed by atoms with Gasteiger partial charge in [0.15, 0.2) is 0 Å².